The highest BCUT2D eigenvalue weighted by atomic mass is 35.5. The van der Waals surface area contributed by atoms with Crippen LogP contribution in [0.3, 0.4) is 0 Å². The van der Waals surface area contributed by atoms with Gasteiger partial charge in [0.2, 0.25) is 0 Å². The summed E-state index contributed by atoms with van der Waals surface area (Å²) in [5, 5.41) is 0.0531. The molecule has 0 aromatic carbocycles. The molecule has 1 aromatic rings. The zero-order valence-corrected chi connectivity index (χ0v) is 7.79. The molecule has 2 nitrogen and oxygen atoms in total. The molecule has 1 aromatic heterocycles. The summed E-state index contributed by atoms with van der Waals surface area (Å²) in [6.45, 7) is 0.587. The van der Waals surface area contributed by atoms with Gasteiger partial charge in [0.25, 0.3) is 0 Å². The van der Waals surface area contributed by atoms with Crippen molar-refractivity contribution in [3.63, 3.8) is 0 Å². The van der Waals surface area contributed by atoms with Gasteiger partial charge in [0.1, 0.15) is 0 Å². The van der Waals surface area contributed by atoms with Crippen LogP contribution in [-0.2, 0) is 11.2 Å². The number of halogens is 1. The molecule has 0 aliphatic rings. The van der Waals surface area contributed by atoms with Gasteiger partial charge in [-0.15, -0.1) is 11.6 Å². The Kier molecular flexibility index (Phi) is 4.05. The molecule has 0 aliphatic carbocycles. The van der Waals surface area contributed by atoms with E-state index in [0.29, 0.717) is 6.61 Å². The van der Waals surface area contributed by atoms with Crippen molar-refractivity contribution < 1.29 is 4.74 Å². The molecule has 66 valence electrons. The van der Waals surface area contributed by atoms with Gasteiger partial charge in [-0.05, 0) is 24.1 Å². The summed E-state index contributed by atoms with van der Waals surface area (Å²) in [5.74, 6) is 0. The van der Waals surface area contributed by atoms with Gasteiger partial charge < -0.3 is 4.74 Å². The van der Waals surface area contributed by atoms with E-state index in [1.165, 1.54) is 5.56 Å². The van der Waals surface area contributed by atoms with Crippen LogP contribution in [-0.4, -0.2) is 24.1 Å². The van der Waals surface area contributed by atoms with Crippen LogP contribution in [0, 0.1) is 0 Å². The minimum atomic E-state index is 0.0531. The summed E-state index contributed by atoms with van der Waals surface area (Å²) in [4.78, 5) is 3.92. The third-order valence-electron chi connectivity index (χ3n) is 1.55. The molecular weight excluding hydrogens is 174 g/mol. The highest BCUT2D eigenvalue weighted by molar-refractivity contribution is 6.20. The van der Waals surface area contributed by atoms with Crippen LogP contribution in [0.15, 0.2) is 24.5 Å². The topological polar surface area (TPSA) is 22.1 Å². The van der Waals surface area contributed by atoms with E-state index in [2.05, 4.69) is 4.98 Å². The van der Waals surface area contributed by atoms with Gasteiger partial charge in [-0.2, -0.15) is 0 Å². The highest BCUT2D eigenvalue weighted by Crippen LogP contribution is 2.06. The second-order valence-corrected chi connectivity index (χ2v) is 3.23. The smallest absolute Gasteiger partial charge is 0.0629 e. The number of aromatic nitrogens is 1. The van der Waals surface area contributed by atoms with Gasteiger partial charge in [0.15, 0.2) is 0 Å². The molecule has 0 aliphatic heterocycles. The average Bonchev–Trinajstić information content (AvgIpc) is 2.06. The van der Waals surface area contributed by atoms with E-state index in [4.69, 9.17) is 16.3 Å². The Bertz CT molecular complexity index is 215. The minimum absolute atomic E-state index is 0.0531. The lowest BCUT2D eigenvalue weighted by atomic mass is 10.1. The molecule has 0 saturated heterocycles. The molecule has 1 atom stereocenters. The zero-order valence-electron chi connectivity index (χ0n) is 7.03. The van der Waals surface area contributed by atoms with Gasteiger partial charge in [-0.3, -0.25) is 4.98 Å². The Labute approximate surface area is 77.5 Å². The van der Waals surface area contributed by atoms with Crippen molar-refractivity contribution in [1.82, 2.24) is 4.98 Å². The summed E-state index contributed by atoms with van der Waals surface area (Å²) in [5.41, 5.74) is 1.20. The molecule has 12 heavy (non-hydrogen) atoms. The van der Waals surface area contributed by atoms with Gasteiger partial charge in [0.05, 0.1) is 12.0 Å². The third kappa shape index (κ3) is 3.20. The fourth-order valence-electron chi connectivity index (χ4n) is 1.01. The van der Waals surface area contributed by atoms with Crippen LogP contribution in [0.25, 0.3) is 0 Å². The first-order chi connectivity index (χ1) is 5.83. The molecular formula is C9H12ClNO. The van der Waals surface area contributed by atoms with Gasteiger partial charge in [-0.1, -0.05) is 0 Å². The maximum atomic E-state index is 5.97. The van der Waals surface area contributed by atoms with Crippen LogP contribution in [0.4, 0.5) is 0 Å². The van der Waals surface area contributed by atoms with Gasteiger partial charge >= 0.3 is 0 Å². The molecule has 1 unspecified atom stereocenters. The molecule has 0 saturated carbocycles. The van der Waals surface area contributed by atoms with Gasteiger partial charge in [-0.25, -0.2) is 0 Å². The Hall–Kier alpha value is -0.600. The molecule has 0 amide bonds. The average molecular weight is 186 g/mol. The van der Waals surface area contributed by atoms with Crippen LogP contribution >= 0.6 is 11.6 Å². The first kappa shape index (κ1) is 9.49. The fourth-order valence-corrected chi connectivity index (χ4v) is 1.32. The van der Waals surface area contributed by atoms with Crippen LogP contribution in [0.5, 0.6) is 0 Å². The van der Waals surface area contributed by atoms with E-state index in [9.17, 15) is 0 Å². The lowest BCUT2D eigenvalue weighted by Gasteiger charge is -2.06. The van der Waals surface area contributed by atoms with Crippen molar-refractivity contribution in [2.75, 3.05) is 13.7 Å². The van der Waals surface area contributed by atoms with Crippen molar-refractivity contribution in [3.8, 4) is 0 Å². The van der Waals surface area contributed by atoms with E-state index < -0.39 is 0 Å². The second-order valence-electron chi connectivity index (χ2n) is 2.61. The lowest BCUT2D eigenvalue weighted by Crippen LogP contribution is -2.10. The molecule has 1 heterocycles. The van der Waals surface area contributed by atoms with Crippen molar-refractivity contribution >= 4 is 11.6 Å². The first-order valence-corrected chi connectivity index (χ1v) is 4.28. The molecule has 0 N–H and O–H groups in total. The Balaban J connectivity index is 2.41. The predicted octanol–water partition coefficient (Wildman–Crippen LogP) is 1.88. The summed E-state index contributed by atoms with van der Waals surface area (Å²) >= 11 is 5.97. The number of hydrogen-bond acceptors (Lipinski definition) is 2. The first-order valence-electron chi connectivity index (χ1n) is 3.85. The molecule has 3 heteroatoms. The number of methoxy groups -OCH3 is 1. The summed E-state index contributed by atoms with van der Waals surface area (Å²) in [7, 11) is 1.65. The number of pyridine rings is 1. The van der Waals surface area contributed by atoms with E-state index in [-0.39, 0.29) is 5.38 Å². The maximum Gasteiger partial charge on any atom is 0.0629 e. The van der Waals surface area contributed by atoms with Crippen molar-refractivity contribution in [2.24, 2.45) is 0 Å². The number of rotatable bonds is 4. The van der Waals surface area contributed by atoms with Crippen molar-refractivity contribution in [3.05, 3.63) is 30.1 Å². The quantitative estimate of drug-likeness (QED) is 0.669. The lowest BCUT2D eigenvalue weighted by molar-refractivity contribution is 0.197. The van der Waals surface area contributed by atoms with Crippen LogP contribution < -0.4 is 0 Å². The summed E-state index contributed by atoms with van der Waals surface area (Å²) in [6.07, 6.45) is 4.37. The Morgan fingerprint density at radius 1 is 1.50 bits per heavy atom. The highest BCUT2D eigenvalue weighted by Gasteiger charge is 2.04. The summed E-state index contributed by atoms with van der Waals surface area (Å²) < 4.78 is 4.93. The van der Waals surface area contributed by atoms with E-state index in [1.54, 1.807) is 19.5 Å². The SMILES string of the molecule is COCC(Cl)Cc1ccncc1. The summed E-state index contributed by atoms with van der Waals surface area (Å²) in [6, 6.07) is 3.93. The van der Waals surface area contributed by atoms with Crippen molar-refractivity contribution in [2.45, 2.75) is 11.8 Å². The molecule has 1 rings (SSSR count). The van der Waals surface area contributed by atoms with Gasteiger partial charge in [0, 0.05) is 19.5 Å². The fraction of sp³-hybridized carbons (Fsp3) is 0.444. The number of alkyl halides is 1. The minimum Gasteiger partial charge on any atom is -0.383 e. The number of hydrogen-bond donors (Lipinski definition) is 0. The zero-order chi connectivity index (χ0) is 8.81. The Morgan fingerprint density at radius 3 is 2.75 bits per heavy atom. The van der Waals surface area contributed by atoms with E-state index in [1.807, 2.05) is 12.1 Å². The standard InChI is InChI=1S/C9H12ClNO/c1-12-7-9(10)6-8-2-4-11-5-3-8/h2-5,9H,6-7H2,1H3. The maximum absolute atomic E-state index is 5.97. The van der Waals surface area contributed by atoms with Crippen LogP contribution in [0.1, 0.15) is 5.56 Å². The molecule has 0 fully saturated rings. The largest absolute Gasteiger partial charge is 0.383 e. The van der Waals surface area contributed by atoms with E-state index in [0.717, 1.165) is 6.42 Å². The predicted molar refractivity (Wildman–Crippen MR) is 49.5 cm³/mol. The molecule has 0 bridgehead atoms. The van der Waals surface area contributed by atoms with E-state index >= 15 is 0 Å². The molecule has 0 spiro atoms. The monoisotopic (exact) mass is 185 g/mol. The molecule has 0 radical (unpaired) electrons. The third-order valence-corrected chi connectivity index (χ3v) is 1.83. The number of ether oxygens (including phenoxy) is 1. The second kappa shape index (κ2) is 5.12. The van der Waals surface area contributed by atoms with Crippen molar-refractivity contribution in [1.29, 1.82) is 0 Å². The Morgan fingerprint density at radius 2 is 2.17 bits per heavy atom. The van der Waals surface area contributed by atoms with Crippen LogP contribution in [0.2, 0.25) is 0 Å². The number of nitrogens with zero attached hydrogens (tertiary/aromatic N) is 1. The normalized spacial score (nSPS) is 12.8.